The molecule has 0 saturated carbocycles. The fourth-order valence-corrected chi connectivity index (χ4v) is 5.67. The van der Waals surface area contributed by atoms with Crippen LogP contribution in [0.5, 0.6) is 11.5 Å². The largest absolute Gasteiger partial charge is 0.486 e. The van der Waals surface area contributed by atoms with Crippen LogP contribution in [0.15, 0.2) is 39.9 Å². The van der Waals surface area contributed by atoms with Crippen molar-refractivity contribution >= 4 is 21.4 Å². The third-order valence-electron chi connectivity index (χ3n) is 4.76. The summed E-state index contributed by atoms with van der Waals surface area (Å²) >= 11 is 1.58. The van der Waals surface area contributed by atoms with Crippen LogP contribution in [-0.2, 0) is 10.0 Å². The molecule has 2 aromatic rings. The molecule has 0 unspecified atom stereocenters. The number of benzene rings is 1. The average molecular weight is 381 g/mol. The number of fused-ring (bicyclic) bond motifs is 1. The highest BCUT2D eigenvalue weighted by molar-refractivity contribution is 7.89. The monoisotopic (exact) mass is 381 g/mol. The number of aliphatic hydroxyl groups excluding tert-OH is 1. The van der Waals surface area contributed by atoms with Gasteiger partial charge in [-0.2, -0.15) is 15.6 Å². The maximum atomic E-state index is 13.0. The highest BCUT2D eigenvalue weighted by Crippen LogP contribution is 2.38. The molecule has 0 bridgehead atoms. The van der Waals surface area contributed by atoms with Crippen LogP contribution in [0, 0.1) is 5.92 Å². The summed E-state index contributed by atoms with van der Waals surface area (Å²) in [6.07, 6.45) is 0. The maximum Gasteiger partial charge on any atom is 0.243 e. The molecule has 6 nitrogen and oxygen atoms in total. The summed E-state index contributed by atoms with van der Waals surface area (Å²) in [5, 5.41) is 13.7. The quantitative estimate of drug-likeness (QED) is 0.876. The van der Waals surface area contributed by atoms with E-state index in [1.807, 2.05) is 16.8 Å². The molecule has 1 N–H and O–H groups in total. The summed E-state index contributed by atoms with van der Waals surface area (Å²) in [5.74, 6) is 0.945. The number of hydrogen-bond acceptors (Lipinski definition) is 6. The third kappa shape index (κ3) is 3.03. The predicted molar refractivity (Wildman–Crippen MR) is 93.8 cm³/mol. The van der Waals surface area contributed by atoms with E-state index in [2.05, 4.69) is 0 Å². The molecule has 8 heteroatoms. The molecule has 4 rings (SSSR count). The second-order valence-corrected chi connectivity index (χ2v) is 8.95. The van der Waals surface area contributed by atoms with Gasteiger partial charge in [0.2, 0.25) is 10.0 Å². The van der Waals surface area contributed by atoms with E-state index in [0.717, 1.165) is 5.56 Å². The molecule has 1 aromatic heterocycles. The Morgan fingerprint density at radius 2 is 1.96 bits per heavy atom. The van der Waals surface area contributed by atoms with Crippen LogP contribution in [0.4, 0.5) is 0 Å². The standard InChI is InChI=1S/C17H19NO5S2/c19-10-13-8-18(9-15(13)12-3-6-24-11-12)25(20,21)14-1-2-16-17(7-14)23-5-4-22-16/h1-3,6-7,11,13,15,19H,4-5,8-10H2/t13-,15+/m0/s1. The van der Waals surface area contributed by atoms with E-state index < -0.39 is 10.0 Å². The number of aliphatic hydroxyl groups is 1. The number of ether oxygens (including phenoxy) is 2. The van der Waals surface area contributed by atoms with E-state index in [9.17, 15) is 13.5 Å². The topological polar surface area (TPSA) is 76.1 Å². The summed E-state index contributed by atoms with van der Waals surface area (Å²) in [5.41, 5.74) is 1.09. The van der Waals surface area contributed by atoms with Crippen molar-refractivity contribution in [2.75, 3.05) is 32.9 Å². The average Bonchev–Trinajstić information content (AvgIpc) is 3.30. The lowest BCUT2D eigenvalue weighted by Gasteiger charge is -2.21. The van der Waals surface area contributed by atoms with Gasteiger partial charge >= 0.3 is 0 Å². The van der Waals surface area contributed by atoms with Crippen LogP contribution in [-0.4, -0.2) is 50.7 Å². The molecular weight excluding hydrogens is 362 g/mol. The van der Waals surface area contributed by atoms with Gasteiger partial charge in [0.15, 0.2) is 11.5 Å². The Balaban J connectivity index is 1.62. The van der Waals surface area contributed by atoms with Crippen LogP contribution in [0.25, 0.3) is 0 Å². The lowest BCUT2D eigenvalue weighted by molar-refractivity contribution is 0.171. The molecule has 3 heterocycles. The Labute approximate surface area is 150 Å². The first kappa shape index (κ1) is 16.8. The second kappa shape index (κ2) is 6.60. The smallest absolute Gasteiger partial charge is 0.243 e. The minimum atomic E-state index is -3.65. The summed E-state index contributed by atoms with van der Waals surface area (Å²) in [7, 11) is -3.65. The van der Waals surface area contributed by atoms with Gasteiger partial charge in [-0.25, -0.2) is 8.42 Å². The fourth-order valence-electron chi connectivity index (χ4n) is 3.41. The van der Waals surface area contributed by atoms with E-state index in [1.165, 1.54) is 10.4 Å². The highest BCUT2D eigenvalue weighted by atomic mass is 32.2. The van der Waals surface area contributed by atoms with Crippen molar-refractivity contribution in [1.29, 1.82) is 0 Å². The zero-order chi connectivity index (χ0) is 17.4. The molecule has 2 aliphatic rings. The van der Waals surface area contributed by atoms with Gasteiger partial charge in [-0.15, -0.1) is 0 Å². The minimum Gasteiger partial charge on any atom is -0.486 e. The summed E-state index contributed by atoms with van der Waals surface area (Å²) in [4.78, 5) is 0.194. The highest BCUT2D eigenvalue weighted by Gasteiger charge is 2.40. The van der Waals surface area contributed by atoms with E-state index in [-0.39, 0.29) is 23.3 Å². The van der Waals surface area contributed by atoms with Gasteiger partial charge in [0, 0.05) is 37.6 Å². The van der Waals surface area contributed by atoms with Crippen molar-refractivity contribution in [3.63, 3.8) is 0 Å². The number of thiophene rings is 1. The fraction of sp³-hybridized carbons (Fsp3) is 0.412. The molecule has 0 aliphatic carbocycles. The number of rotatable bonds is 4. The van der Waals surface area contributed by atoms with E-state index in [4.69, 9.17) is 9.47 Å². The second-order valence-electron chi connectivity index (χ2n) is 6.23. The first-order valence-electron chi connectivity index (χ1n) is 8.12. The number of nitrogens with zero attached hydrogens (tertiary/aromatic N) is 1. The van der Waals surface area contributed by atoms with Gasteiger partial charge in [0.05, 0.1) is 4.90 Å². The minimum absolute atomic E-state index is 0.0169. The molecule has 0 spiro atoms. The molecule has 134 valence electrons. The van der Waals surface area contributed by atoms with Crippen molar-refractivity contribution in [1.82, 2.24) is 4.31 Å². The third-order valence-corrected chi connectivity index (χ3v) is 7.29. The molecule has 0 amide bonds. The van der Waals surface area contributed by atoms with Gasteiger partial charge in [0.25, 0.3) is 0 Å². The number of sulfonamides is 1. The first-order chi connectivity index (χ1) is 12.1. The van der Waals surface area contributed by atoms with Crippen molar-refractivity contribution < 1.29 is 23.0 Å². The molecule has 2 atom stereocenters. The Hall–Kier alpha value is -1.61. The van der Waals surface area contributed by atoms with E-state index in [1.54, 1.807) is 23.5 Å². The molecule has 1 saturated heterocycles. The zero-order valence-electron chi connectivity index (χ0n) is 13.5. The van der Waals surface area contributed by atoms with Gasteiger partial charge in [-0.3, -0.25) is 0 Å². The molecule has 0 radical (unpaired) electrons. The normalized spacial score (nSPS) is 23.7. The van der Waals surface area contributed by atoms with Crippen molar-refractivity contribution in [2.45, 2.75) is 10.8 Å². The summed E-state index contributed by atoms with van der Waals surface area (Å²) < 4.78 is 38.5. The van der Waals surface area contributed by atoms with Crippen LogP contribution in [0.3, 0.4) is 0 Å². The number of hydrogen-bond donors (Lipinski definition) is 1. The Morgan fingerprint density at radius 1 is 1.16 bits per heavy atom. The molecule has 1 fully saturated rings. The molecule has 25 heavy (non-hydrogen) atoms. The lowest BCUT2D eigenvalue weighted by Crippen LogP contribution is -2.29. The Kier molecular flexibility index (Phi) is 4.45. The van der Waals surface area contributed by atoms with Crippen LogP contribution < -0.4 is 9.47 Å². The van der Waals surface area contributed by atoms with Crippen LogP contribution in [0.2, 0.25) is 0 Å². The van der Waals surface area contributed by atoms with Gasteiger partial charge in [0.1, 0.15) is 13.2 Å². The Bertz CT molecular complexity index is 850. The van der Waals surface area contributed by atoms with Gasteiger partial charge in [-0.05, 0) is 34.5 Å². The maximum absolute atomic E-state index is 13.0. The van der Waals surface area contributed by atoms with Crippen molar-refractivity contribution in [3.8, 4) is 11.5 Å². The Morgan fingerprint density at radius 3 is 2.68 bits per heavy atom. The van der Waals surface area contributed by atoms with Gasteiger partial charge < -0.3 is 14.6 Å². The molecule has 2 aliphatic heterocycles. The summed E-state index contributed by atoms with van der Waals surface area (Å²) in [6, 6.07) is 6.71. The van der Waals surface area contributed by atoms with E-state index >= 15 is 0 Å². The summed E-state index contributed by atoms with van der Waals surface area (Å²) in [6.45, 7) is 1.53. The van der Waals surface area contributed by atoms with Crippen molar-refractivity contribution in [3.05, 3.63) is 40.6 Å². The van der Waals surface area contributed by atoms with Crippen molar-refractivity contribution in [2.24, 2.45) is 5.92 Å². The van der Waals surface area contributed by atoms with E-state index in [0.29, 0.717) is 37.8 Å². The first-order valence-corrected chi connectivity index (χ1v) is 10.5. The lowest BCUT2D eigenvalue weighted by atomic mass is 9.92. The predicted octanol–water partition coefficient (Wildman–Crippen LogP) is 1.92. The zero-order valence-corrected chi connectivity index (χ0v) is 15.1. The molecular formula is C17H19NO5S2. The SMILES string of the molecule is O=S(=O)(c1ccc2c(c1)OCCO2)N1C[C@@H](CO)[C@@H](c2ccsc2)C1. The van der Waals surface area contributed by atoms with Crippen LogP contribution in [0.1, 0.15) is 11.5 Å². The van der Waals surface area contributed by atoms with Crippen LogP contribution >= 0.6 is 11.3 Å². The molecule has 1 aromatic carbocycles. The van der Waals surface area contributed by atoms with Gasteiger partial charge in [-0.1, -0.05) is 0 Å².